The Morgan fingerprint density at radius 1 is 0.812 bits per heavy atom. The Labute approximate surface area is 187 Å². The molecule has 5 atom stereocenters. The standard InChI is InChI=1S/C24H28O8/c1-16(25)30-21-20(15-28-13-18-9-5-3-6-10-18)32-24(27)23(22(21)31-17(2)26)29-14-19-11-7-4-8-12-19/h3-12,20-24,27H,13-15H2,1-2H3/t20-,21-,22+,23+,24+/m1/s1. The van der Waals surface area contributed by atoms with Crippen LogP contribution in [0.3, 0.4) is 0 Å². The van der Waals surface area contributed by atoms with Crippen LogP contribution in [0, 0.1) is 0 Å². The molecule has 8 heteroatoms. The van der Waals surface area contributed by atoms with Gasteiger partial charge in [0.05, 0.1) is 19.8 Å². The Hall–Kier alpha value is -2.78. The summed E-state index contributed by atoms with van der Waals surface area (Å²) < 4.78 is 28.1. The molecule has 0 bridgehead atoms. The average molecular weight is 444 g/mol. The quantitative estimate of drug-likeness (QED) is 0.589. The summed E-state index contributed by atoms with van der Waals surface area (Å²) in [7, 11) is 0. The van der Waals surface area contributed by atoms with Crippen LogP contribution in [0.2, 0.25) is 0 Å². The highest BCUT2D eigenvalue weighted by molar-refractivity contribution is 5.67. The molecule has 0 unspecified atom stereocenters. The summed E-state index contributed by atoms with van der Waals surface area (Å²) in [4.78, 5) is 23.6. The molecule has 0 aliphatic carbocycles. The molecule has 0 aromatic heterocycles. The average Bonchev–Trinajstić information content (AvgIpc) is 2.76. The maximum absolute atomic E-state index is 11.8. The number of ether oxygens (including phenoxy) is 5. The van der Waals surface area contributed by atoms with E-state index in [1.54, 1.807) is 0 Å². The van der Waals surface area contributed by atoms with Gasteiger partial charge in [-0.05, 0) is 11.1 Å². The van der Waals surface area contributed by atoms with Gasteiger partial charge in [-0.1, -0.05) is 60.7 Å². The topological polar surface area (TPSA) is 101 Å². The fraction of sp³-hybridized carbons (Fsp3) is 0.417. The van der Waals surface area contributed by atoms with Gasteiger partial charge in [0, 0.05) is 13.8 Å². The molecular weight excluding hydrogens is 416 g/mol. The summed E-state index contributed by atoms with van der Waals surface area (Å²) in [5, 5.41) is 10.6. The number of rotatable bonds is 9. The number of hydrogen-bond donors (Lipinski definition) is 1. The largest absolute Gasteiger partial charge is 0.456 e. The molecule has 1 fully saturated rings. The van der Waals surface area contributed by atoms with E-state index in [9.17, 15) is 14.7 Å². The van der Waals surface area contributed by atoms with Crippen molar-refractivity contribution in [1.29, 1.82) is 0 Å². The number of esters is 2. The highest BCUT2D eigenvalue weighted by Crippen LogP contribution is 2.28. The number of aliphatic hydroxyl groups excluding tert-OH is 1. The second-order valence-electron chi connectivity index (χ2n) is 7.48. The lowest BCUT2D eigenvalue weighted by molar-refractivity contribution is -0.304. The van der Waals surface area contributed by atoms with Gasteiger partial charge in [-0.3, -0.25) is 9.59 Å². The fourth-order valence-corrected chi connectivity index (χ4v) is 3.50. The first-order chi connectivity index (χ1) is 15.4. The predicted octanol–water partition coefficient (Wildman–Crippen LogP) is 2.37. The number of aliphatic hydroxyl groups is 1. The Kier molecular flexibility index (Phi) is 8.75. The summed E-state index contributed by atoms with van der Waals surface area (Å²) in [6.07, 6.45) is -5.43. The van der Waals surface area contributed by atoms with E-state index in [1.807, 2.05) is 60.7 Å². The SMILES string of the molecule is CC(=O)O[C@@H]1[C@H](OCc2ccccc2)[C@@H](O)O[C@H](COCc2ccccc2)[C@H]1OC(C)=O. The molecule has 1 heterocycles. The van der Waals surface area contributed by atoms with Crippen molar-refractivity contribution in [3.05, 3.63) is 71.8 Å². The van der Waals surface area contributed by atoms with E-state index in [0.29, 0.717) is 6.61 Å². The van der Waals surface area contributed by atoms with Crippen LogP contribution in [-0.2, 0) is 46.5 Å². The Bertz CT molecular complexity index is 857. The highest BCUT2D eigenvalue weighted by atomic mass is 16.7. The van der Waals surface area contributed by atoms with Gasteiger partial charge < -0.3 is 28.8 Å². The minimum Gasteiger partial charge on any atom is -0.456 e. The molecule has 1 aliphatic rings. The Morgan fingerprint density at radius 2 is 1.34 bits per heavy atom. The first-order valence-corrected chi connectivity index (χ1v) is 10.4. The van der Waals surface area contributed by atoms with E-state index in [-0.39, 0.29) is 13.2 Å². The lowest BCUT2D eigenvalue weighted by Gasteiger charge is -2.43. The van der Waals surface area contributed by atoms with E-state index in [1.165, 1.54) is 13.8 Å². The van der Waals surface area contributed by atoms with Crippen molar-refractivity contribution in [3.8, 4) is 0 Å². The van der Waals surface area contributed by atoms with Gasteiger partial charge in [0.25, 0.3) is 0 Å². The summed E-state index contributed by atoms with van der Waals surface area (Å²) in [5.41, 5.74) is 1.81. The van der Waals surface area contributed by atoms with Crippen LogP contribution >= 0.6 is 0 Å². The third-order valence-electron chi connectivity index (χ3n) is 4.89. The summed E-state index contributed by atoms with van der Waals surface area (Å²) >= 11 is 0. The van der Waals surface area contributed by atoms with Gasteiger partial charge in [-0.15, -0.1) is 0 Å². The van der Waals surface area contributed by atoms with Crippen molar-refractivity contribution in [3.63, 3.8) is 0 Å². The minimum absolute atomic E-state index is 0.00701. The van der Waals surface area contributed by atoms with Crippen LogP contribution in [0.5, 0.6) is 0 Å². The zero-order valence-electron chi connectivity index (χ0n) is 18.1. The van der Waals surface area contributed by atoms with Crippen LogP contribution in [0.15, 0.2) is 60.7 Å². The molecule has 0 amide bonds. The monoisotopic (exact) mass is 444 g/mol. The van der Waals surface area contributed by atoms with Gasteiger partial charge >= 0.3 is 11.9 Å². The molecule has 8 nitrogen and oxygen atoms in total. The summed E-state index contributed by atoms with van der Waals surface area (Å²) in [6, 6.07) is 18.8. The zero-order chi connectivity index (χ0) is 22.9. The normalized spacial score (nSPS) is 25.2. The van der Waals surface area contributed by atoms with Crippen molar-refractivity contribution >= 4 is 11.9 Å². The molecule has 0 spiro atoms. The van der Waals surface area contributed by atoms with Crippen LogP contribution in [0.25, 0.3) is 0 Å². The van der Waals surface area contributed by atoms with Gasteiger partial charge in [0.2, 0.25) is 0 Å². The highest BCUT2D eigenvalue weighted by Gasteiger charge is 2.50. The number of carbonyl (C=O) groups excluding carboxylic acids is 2. The first-order valence-electron chi connectivity index (χ1n) is 10.4. The second-order valence-corrected chi connectivity index (χ2v) is 7.48. The van der Waals surface area contributed by atoms with Gasteiger partial charge in [-0.25, -0.2) is 0 Å². The molecule has 0 radical (unpaired) electrons. The zero-order valence-corrected chi connectivity index (χ0v) is 18.1. The van der Waals surface area contributed by atoms with E-state index in [2.05, 4.69) is 0 Å². The lowest BCUT2D eigenvalue weighted by Crippen LogP contribution is -2.61. The van der Waals surface area contributed by atoms with Crippen molar-refractivity contribution in [2.24, 2.45) is 0 Å². The van der Waals surface area contributed by atoms with Crippen molar-refractivity contribution in [1.82, 2.24) is 0 Å². The molecule has 1 aliphatic heterocycles. The van der Waals surface area contributed by atoms with Gasteiger partial charge in [-0.2, -0.15) is 0 Å². The number of benzene rings is 2. The van der Waals surface area contributed by atoms with Crippen molar-refractivity contribution < 1.29 is 38.4 Å². The smallest absolute Gasteiger partial charge is 0.303 e. The molecule has 32 heavy (non-hydrogen) atoms. The van der Waals surface area contributed by atoms with Crippen LogP contribution in [0.4, 0.5) is 0 Å². The third-order valence-corrected chi connectivity index (χ3v) is 4.89. The fourth-order valence-electron chi connectivity index (χ4n) is 3.50. The van der Waals surface area contributed by atoms with Gasteiger partial charge in [0.15, 0.2) is 18.5 Å². The van der Waals surface area contributed by atoms with Crippen LogP contribution in [-0.4, -0.2) is 54.4 Å². The molecule has 3 rings (SSSR count). The molecule has 1 N–H and O–H groups in total. The lowest BCUT2D eigenvalue weighted by atomic mass is 9.98. The molecule has 2 aromatic carbocycles. The third kappa shape index (κ3) is 6.86. The first kappa shape index (κ1) is 23.9. The number of hydrogen-bond acceptors (Lipinski definition) is 8. The predicted molar refractivity (Wildman–Crippen MR) is 113 cm³/mol. The van der Waals surface area contributed by atoms with E-state index in [0.717, 1.165) is 11.1 Å². The number of carbonyl (C=O) groups is 2. The van der Waals surface area contributed by atoms with Crippen LogP contribution < -0.4 is 0 Å². The molecule has 172 valence electrons. The summed E-state index contributed by atoms with van der Waals surface area (Å²) in [5.74, 6) is -1.18. The van der Waals surface area contributed by atoms with E-state index >= 15 is 0 Å². The van der Waals surface area contributed by atoms with Crippen molar-refractivity contribution in [2.45, 2.75) is 57.8 Å². The van der Waals surface area contributed by atoms with E-state index < -0.39 is 42.6 Å². The van der Waals surface area contributed by atoms with Crippen LogP contribution in [0.1, 0.15) is 25.0 Å². The minimum atomic E-state index is -1.42. The maximum atomic E-state index is 11.8. The second kappa shape index (κ2) is 11.7. The van der Waals surface area contributed by atoms with Crippen molar-refractivity contribution in [2.75, 3.05) is 6.61 Å². The van der Waals surface area contributed by atoms with Gasteiger partial charge in [0.1, 0.15) is 12.2 Å². The summed E-state index contributed by atoms with van der Waals surface area (Å²) in [6.45, 7) is 2.94. The van der Waals surface area contributed by atoms with E-state index in [4.69, 9.17) is 23.7 Å². The molecule has 1 saturated heterocycles. The molecular formula is C24H28O8. The Balaban J connectivity index is 1.73. The Morgan fingerprint density at radius 3 is 1.91 bits per heavy atom. The molecule has 0 saturated carbocycles. The maximum Gasteiger partial charge on any atom is 0.303 e. The molecule has 2 aromatic rings.